The maximum Gasteiger partial charge on any atom is 0.203 e. The van der Waals surface area contributed by atoms with Crippen molar-refractivity contribution in [3.63, 3.8) is 0 Å². The zero-order chi connectivity index (χ0) is 12.0. The first kappa shape index (κ1) is 12.8. The second-order valence-electron chi connectivity index (χ2n) is 4.23. The molecular weight excluding hydrogens is 200 g/mol. The molecule has 1 rings (SSSR count). The highest BCUT2D eigenvalue weighted by atomic mass is 15.2. The average Bonchev–Trinajstić information content (AvgIpc) is 2.55. The van der Waals surface area contributed by atoms with Gasteiger partial charge in [0.2, 0.25) is 5.95 Å². The SMILES string of the molecule is C=CCNc1nc(C)cn1CCCN(C)C. The molecule has 90 valence electrons. The monoisotopic (exact) mass is 222 g/mol. The van der Waals surface area contributed by atoms with E-state index in [-0.39, 0.29) is 0 Å². The molecule has 1 heterocycles. The largest absolute Gasteiger partial charge is 0.352 e. The van der Waals surface area contributed by atoms with E-state index in [1.165, 1.54) is 0 Å². The number of imidazole rings is 1. The van der Waals surface area contributed by atoms with Crippen molar-refractivity contribution in [1.82, 2.24) is 14.5 Å². The summed E-state index contributed by atoms with van der Waals surface area (Å²) in [6.45, 7) is 8.55. The van der Waals surface area contributed by atoms with Crippen LogP contribution in [0.15, 0.2) is 18.9 Å². The van der Waals surface area contributed by atoms with Gasteiger partial charge in [-0.05, 0) is 34.0 Å². The van der Waals surface area contributed by atoms with Crippen LogP contribution in [0.1, 0.15) is 12.1 Å². The molecule has 0 amide bonds. The first-order valence-electron chi connectivity index (χ1n) is 5.66. The Hall–Kier alpha value is -1.29. The molecule has 0 aromatic carbocycles. The molecular formula is C12H22N4. The van der Waals surface area contributed by atoms with Gasteiger partial charge in [-0.2, -0.15) is 0 Å². The van der Waals surface area contributed by atoms with Crippen LogP contribution in [-0.4, -0.2) is 41.6 Å². The third kappa shape index (κ3) is 4.06. The van der Waals surface area contributed by atoms with E-state index in [1.54, 1.807) is 0 Å². The van der Waals surface area contributed by atoms with Crippen LogP contribution in [0.25, 0.3) is 0 Å². The molecule has 0 spiro atoms. The molecule has 0 bridgehead atoms. The number of nitrogens with zero attached hydrogens (tertiary/aromatic N) is 3. The summed E-state index contributed by atoms with van der Waals surface area (Å²) < 4.78 is 2.17. The lowest BCUT2D eigenvalue weighted by Crippen LogP contribution is -2.15. The average molecular weight is 222 g/mol. The molecule has 0 radical (unpaired) electrons. The minimum atomic E-state index is 0.754. The number of aromatic nitrogens is 2. The van der Waals surface area contributed by atoms with Gasteiger partial charge in [0, 0.05) is 19.3 Å². The van der Waals surface area contributed by atoms with E-state index >= 15 is 0 Å². The van der Waals surface area contributed by atoms with Crippen LogP contribution in [0, 0.1) is 6.92 Å². The molecule has 0 fully saturated rings. The summed E-state index contributed by atoms with van der Waals surface area (Å²) in [7, 11) is 4.19. The van der Waals surface area contributed by atoms with Gasteiger partial charge in [0.25, 0.3) is 0 Å². The summed E-state index contributed by atoms with van der Waals surface area (Å²) >= 11 is 0. The Morgan fingerprint density at radius 1 is 1.56 bits per heavy atom. The Balaban J connectivity index is 2.52. The molecule has 0 aliphatic heterocycles. The van der Waals surface area contributed by atoms with E-state index in [4.69, 9.17) is 0 Å². The highest BCUT2D eigenvalue weighted by Crippen LogP contribution is 2.09. The molecule has 4 heteroatoms. The topological polar surface area (TPSA) is 33.1 Å². The van der Waals surface area contributed by atoms with Gasteiger partial charge in [-0.25, -0.2) is 4.98 Å². The smallest absolute Gasteiger partial charge is 0.203 e. The van der Waals surface area contributed by atoms with Crippen molar-refractivity contribution >= 4 is 5.95 Å². The van der Waals surface area contributed by atoms with Crippen LogP contribution in [0.5, 0.6) is 0 Å². The van der Waals surface area contributed by atoms with Crippen LogP contribution in [0.2, 0.25) is 0 Å². The van der Waals surface area contributed by atoms with Crippen LogP contribution in [0.3, 0.4) is 0 Å². The van der Waals surface area contributed by atoms with Crippen molar-refractivity contribution in [2.24, 2.45) is 0 Å². The Morgan fingerprint density at radius 3 is 2.94 bits per heavy atom. The minimum absolute atomic E-state index is 0.754. The Kier molecular flexibility index (Phi) is 5.05. The molecule has 0 saturated carbocycles. The first-order valence-corrected chi connectivity index (χ1v) is 5.66. The molecule has 0 atom stereocenters. The van der Waals surface area contributed by atoms with Crippen LogP contribution in [0.4, 0.5) is 5.95 Å². The molecule has 4 nitrogen and oxygen atoms in total. The van der Waals surface area contributed by atoms with Gasteiger partial charge in [0.1, 0.15) is 0 Å². The van der Waals surface area contributed by atoms with Crippen molar-refractivity contribution in [1.29, 1.82) is 0 Å². The number of hydrogen-bond donors (Lipinski definition) is 1. The van der Waals surface area contributed by atoms with E-state index in [9.17, 15) is 0 Å². The molecule has 0 aliphatic rings. The molecule has 1 aromatic rings. The van der Waals surface area contributed by atoms with Gasteiger partial charge in [-0.1, -0.05) is 6.08 Å². The normalized spacial score (nSPS) is 10.8. The van der Waals surface area contributed by atoms with Crippen LogP contribution >= 0.6 is 0 Å². The van der Waals surface area contributed by atoms with Gasteiger partial charge in [-0.3, -0.25) is 0 Å². The predicted molar refractivity (Wildman–Crippen MR) is 68.8 cm³/mol. The van der Waals surface area contributed by atoms with Crippen LogP contribution in [-0.2, 0) is 6.54 Å². The lowest BCUT2D eigenvalue weighted by molar-refractivity contribution is 0.387. The molecule has 0 unspecified atom stereocenters. The fourth-order valence-corrected chi connectivity index (χ4v) is 1.58. The molecule has 16 heavy (non-hydrogen) atoms. The fraction of sp³-hybridized carbons (Fsp3) is 0.583. The maximum atomic E-state index is 4.44. The zero-order valence-corrected chi connectivity index (χ0v) is 10.5. The third-order valence-corrected chi connectivity index (χ3v) is 2.31. The highest BCUT2D eigenvalue weighted by molar-refractivity contribution is 5.29. The third-order valence-electron chi connectivity index (χ3n) is 2.31. The van der Waals surface area contributed by atoms with Gasteiger partial charge in [0.05, 0.1) is 5.69 Å². The number of rotatable bonds is 7. The second kappa shape index (κ2) is 6.33. The summed E-state index contributed by atoms with van der Waals surface area (Å²) in [6, 6.07) is 0. The maximum absolute atomic E-state index is 4.44. The zero-order valence-electron chi connectivity index (χ0n) is 10.5. The van der Waals surface area contributed by atoms with E-state index in [0.717, 1.165) is 37.7 Å². The Morgan fingerprint density at radius 2 is 2.31 bits per heavy atom. The summed E-state index contributed by atoms with van der Waals surface area (Å²) in [5.41, 5.74) is 1.05. The Labute approximate surface area is 98.0 Å². The summed E-state index contributed by atoms with van der Waals surface area (Å²) in [6.07, 6.45) is 5.06. The Bertz CT molecular complexity index is 328. The first-order chi connectivity index (χ1) is 7.63. The quantitative estimate of drug-likeness (QED) is 0.713. The van der Waals surface area contributed by atoms with Gasteiger partial charge in [-0.15, -0.1) is 6.58 Å². The molecule has 1 aromatic heterocycles. The van der Waals surface area contributed by atoms with Crippen LogP contribution < -0.4 is 5.32 Å². The van der Waals surface area contributed by atoms with Gasteiger partial charge >= 0.3 is 0 Å². The molecule has 1 N–H and O–H groups in total. The number of aryl methyl sites for hydroxylation is 2. The van der Waals surface area contributed by atoms with Crippen molar-refractivity contribution < 1.29 is 0 Å². The lowest BCUT2D eigenvalue weighted by Gasteiger charge is -2.11. The lowest BCUT2D eigenvalue weighted by atomic mass is 10.4. The second-order valence-corrected chi connectivity index (χ2v) is 4.23. The van der Waals surface area contributed by atoms with Crippen molar-refractivity contribution in [3.8, 4) is 0 Å². The van der Waals surface area contributed by atoms with Crippen molar-refractivity contribution in [3.05, 3.63) is 24.5 Å². The van der Waals surface area contributed by atoms with E-state index in [1.807, 2.05) is 13.0 Å². The number of anilines is 1. The standard InChI is InChI=1S/C12H22N4/c1-5-7-13-12-14-11(2)10-16(12)9-6-8-15(3)4/h5,10H,1,6-9H2,2-4H3,(H,13,14). The fourth-order valence-electron chi connectivity index (χ4n) is 1.58. The van der Waals surface area contributed by atoms with Crippen molar-refractivity contribution in [2.75, 3.05) is 32.5 Å². The van der Waals surface area contributed by atoms with Gasteiger partial charge < -0.3 is 14.8 Å². The van der Waals surface area contributed by atoms with Crippen molar-refractivity contribution in [2.45, 2.75) is 19.9 Å². The van der Waals surface area contributed by atoms with E-state index in [0.29, 0.717) is 0 Å². The van der Waals surface area contributed by atoms with Gasteiger partial charge in [0.15, 0.2) is 0 Å². The summed E-state index contributed by atoms with van der Waals surface area (Å²) in [5, 5.41) is 3.24. The summed E-state index contributed by atoms with van der Waals surface area (Å²) in [5.74, 6) is 0.941. The summed E-state index contributed by atoms with van der Waals surface area (Å²) in [4.78, 5) is 6.63. The number of nitrogens with one attached hydrogen (secondary N) is 1. The molecule has 0 aliphatic carbocycles. The minimum Gasteiger partial charge on any atom is -0.352 e. The number of hydrogen-bond acceptors (Lipinski definition) is 3. The predicted octanol–water partition coefficient (Wildman–Crippen LogP) is 1.74. The molecule has 0 saturated heterocycles. The van der Waals surface area contributed by atoms with E-state index in [2.05, 4.69) is 46.6 Å². The van der Waals surface area contributed by atoms with E-state index < -0.39 is 0 Å². The highest BCUT2D eigenvalue weighted by Gasteiger charge is 2.03.